The Morgan fingerprint density at radius 1 is 0.973 bits per heavy atom. The molecule has 2 fully saturated rings. The molecule has 2 spiro atoms. The van der Waals surface area contributed by atoms with E-state index in [1.165, 1.54) is 0 Å². The van der Waals surface area contributed by atoms with Gasteiger partial charge in [-0.25, -0.2) is 0 Å². The second kappa shape index (κ2) is 7.85. The van der Waals surface area contributed by atoms with E-state index in [0.717, 1.165) is 46.1 Å². The molecule has 2 amide bonds. The number of benzene rings is 3. The van der Waals surface area contributed by atoms with Gasteiger partial charge in [-0.05, 0) is 55.1 Å². The molecule has 2 N–H and O–H groups in total. The van der Waals surface area contributed by atoms with Crippen molar-refractivity contribution in [1.82, 2.24) is 4.90 Å². The van der Waals surface area contributed by atoms with Crippen LogP contribution in [0.5, 0.6) is 0 Å². The molecule has 0 bridgehead atoms. The minimum absolute atomic E-state index is 0.0963. The fraction of sp³-hybridized carbons (Fsp3) is 0.300. The molecule has 3 aromatic carbocycles. The lowest BCUT2D eigenvalue weighted by Gasteiger charge is -2.43. The summed E-state index contributed by atoms with van der Waals surface area (Å²) in [6.07, 6.45) is 2.37. The van der Waals surface area contributed by atoms with Crippen molar-refractivity contribution in [3.05, 3.63) is 93.5 Å². The summed E-state index contributed by atoms with van der Waals surface area (Å²) in [4.78, 5) is 45.7. The van der Waals surface area contributed by atoms with Crippen molar-refractivity contribution in [3.63, 3.8) is 0 Å². The summed E-state index contributed by atoms with van der Waals surface area (Å²) >= 11 is 3.47. The molecule has 37 heavy (non-hydrogen) atoms. The predicted octanol–water partition coefficient (Wildman–Crippen LogP) is 5.03. The highest BCUT2D eigenvalue weighted by molar-refractivity contribution is 9.10. The van der Waals surface area contributed by atoms with Gasteiger partial charge in [-0.3, -0.25) is 19.3 Å². The lowest BCUT2D eigenvalue weighted by atomic mass is 9.57. The third-order valence-electron chi connectivity index (χ3n) is 9.01. The van der Waals surface area contributed by atoms with Crippen molar-refractivity contribution in [3.8, 4) is 0 Å². The number of fused-ring (bicyclic) bond motifs is 7. The van der Waals surface area contributed by atoms with Crippen LogP contribution in [0.3, 0.4) is 0 Å². The van der Waals surface area contributed by atoms with E-state index in [2.05, 4.69) is 38.4 Å². The van der Waals surface area contributed by atoms with Crippen molar-refractivity contribution < 1.29 is 14.4 Å². The molecule has 0 unspecified atom stereocenters. The summed E-state index contributed by atoms with van der Waals surface area (Å²) in [5.41, 5.74) is 1.86. The maximum absolute atomic E-state index is 14.5. The third-order valence-corrected chi connectivity index (χ3v) is 9.54. The summed E-state index contributed by atoms with van der Waals surface area (Å²) in [7, 11) is 0. The van der Waals surface area contributed by atoms with Crippen LogP contribution in [-0.4, -0.2) is 35.1 Å². The number of nitrogens with zero attached hydrogens (tertiary/aromatic N) is 1. The average molecular weight is 556 g/mol. The van der Waals surface area contributed by atoms with Gasteiger partial charge in [0.2, 0.25) is 5.91 Å². The van der Waals surface area contributed by atoms with Gasteiger partial charge >= 0.3 is 0 Å². The molecule has 6 nitrogen and oxygen atoms in total. The Morgan fingerprint density at radius 3 is 2.51 bits per heavy atom. The second-order valence-corrected chi connectivity index (χ2v) is 11.3. The molecule has 0 aliphatic carbocycles. The average Bonchev–Trinajstić information content (AvgIpc) is 3.62. The van der Waals surface area contributed by atoms with Gasteiger partial charge < -0.3 is 10.6 Å². The van der Waals surface area contributed by atoms with Crippen molar-refractivity contribution >= 4 is 44.9 Å². The number of halogens is 1. The number of aryl methyl sites for hydroxylation is 1. The summed E-state index contributed by atoms with van der Waals surface area (Å²) < 4.78 is 0.879. The van der Waals surface area contributed by atoms with Crippen LogP contribution in [-0.2, 0) is 27.0 Å². The van der Waals surface area contributed by atoms with Crippen LogP contribution in [0.4, 0.5) is 11.4 Å². The monoisotopic (exact) mass is 555 g/mol. The predicted molar refractivity (Wildman–Crippen MR) is 145 cm³/mol. The zero-order valence-electron chi connectivity index (χ0n) is 20.4. The van der Waals surface area contributed by atoms with Crippen molar-refractivity contribution in [1.29, 1.82) is 0 Å². The number of Topliss-reactive ketones (excluding diaryl/α,β-unsaturated/α-hetero) is 1. The molecule has 4 atom stereocenters. The van der Waals surface area contributed by atoms with Crippen LogP contribution >= 0.6 is 15.9 Å². The van der Waals surface area contributed by atoms with Crippen LogP contribution in [0.15, 0.2) is 71.2 Å². The van der Waals surface area contributed by atoms with Gasteiger partial charge in [0.15, 0.2) is 5.78 Å². The Kier molecular flexibility index (Phi) is 4.86. The number of ketones is 1. The maximum atomic E-state index is 14.5. The first-order chi connectivity index (χ1) is 18.0. The van der Waals surface area contributed by atoms with E-state index in [-0.39, 0.29) is 23.6 Å². The minimum atomic E-state index is -1.40. The van der Waals surface area contributed by atoms with Crippen LogP contribution < -0.4 is 10.6 Å². The highest BCUT2D eigenvalue weighted by Crippen LogP contribution is 2.68. The summed E-state index contributed by atoms with van der Waals surface area (Å²) in [6.45, 7) is 2.71. The van der Waals surface area contributed by atoms with E-state index in [1.807, 2.05) is 54.6 Å². The molecular weight excluding hydrogens is 530 g/mol. The van der Waals surface area contributed by atoms with Gasteiger partial charge in [-0.15, -0.1) is 0 Å². The van der Waals surface area contributed by atoms with E-state index >= 15 is 0 Å². The SMILES string of the molecule is CCc1cccc2c1NC(=O)[C@]21N2CCC[C@@H]2[C@@H](C(=O)c2ccc(Br)cc2)[C@@]12C(=O)Nc1ccccc12. The topological polar surface area (TPSA) is 78.5 Å². The first-order valence-electron chi connectivity index (χ1n) is 12.9. The maximum Gasteiger partial charge on any atom is 0.251 e. The number of nitrogens with one attached hydrogen (secondary N) is 2. The van der Waals surface area contributed by atoms with Crippen LogP contribution in [0.1, 0.15) is 46.8 Å². The van der Waals surface area contributed by atoms with Crippen LogP contribution in [0.2, 0.25) is 0 Å². The first kappa shape index (κ1) is 22.9. The van der Waals surface area contributed by atoms with Crippen LogP contribution in [0, 0.1) is 5.92 Å². The molecule has 2 saturated heterocycles. The first-order valence-corrected chi connectivity index (χ1v) is 13.7. The number of rotatable bonds is 3. The van der Waals surface area contributed by atoms with Crippen molar-refractivity contribution in [2.45, 2.75) is 43.2 Å². The van der Waals surface area contributed by atoms with Crippen LogP contribution in [0.25, 0.3) is 0 Å². The molecule has 4 aliphatic rings. The molecule has 186 valence electrons. The summed E-state index contributed by atoms with van der Waals surface area (Å²) in [6, 6.07) is 20.6. The van der Waals surface area contributed by atoms with Gasteiger partial charge in [-0.2, -0.15) is 0 Å². The van der Waals surface area contributed by atoms with Gasteiger partial charge in [0.25, 0.3) is 5.91 Å². The van der Waals surface area contributed by atoms with Gasteiger partial charge in [0.05, 0.1) is 5.92 Å². The molecule has 0 radical (unpaired) electrons. The summed E-state index contributed by atoms with van der Waals surface area (Å²) in [5.74, 6) is -1.31. The second-order valence-electron chi connectivity index (χ2n) is 10.4. The normalized spacial score (nSPS) is 29.4. The number of hydrogen-bond donors (Lipinski definition) is 2. The Bertz CT molecular complexity index is 1500. The van der Waals surface area contributed by atoms with E-state index < -0.39 is 16.9 Å². The number of carbonyl (C=O) groups excluding carboxylic acids is 3. The number of carbonyl (C=O) groups is 3. The largest absolute Gasteiger partial charge is 0.325 e. The molecule has 0 aromatic heterocycles. The number of anilines is 2. The highest BCUT2D eigenvalue weighted by atomic mass is 79.9. The fourth-order valence-electron chi connectivity index (χ4n) is 7.75. The Hall–Kier alpha value is -3.29. The molecule has 3 aromatic rings. The standard InChI is InChI=1S/C30H26BrN3O3/c1-2-17-7-5-9-21-25(17)33-28(37)30(21)29(20-8-3-4-10-22(20)32-27(29)36)24(23-11-6-16-34(23)30)26(35)18-12-14-19(31)15-13-18/h3-5,7-10,12-15,23-24H,2,6,11,16H2,1H3,(H,32,36)(H,33,37)/t23-,24+,29+,30-/m1/s1. The Morgan fingerprint density at radius 2 is 1.73 bits per heavy atom. The van der Waals surface area contributed by atoms with E-state index in [1.54, 1.807) is 12.1 Å². The minimum Gasteiger partial charge on any atom is -0.325 e. The van der Waals surface area contributed by atoms with Crippen molar-refractivity contribution in [2.24, 2.45) is 5.92 Å². The van der Waals surface area contributed by atoms with Gasteiger partial charge in [0.1, 0.15) is 11.0 Å². The third kappa shape index (κ3) is 2.61. The van der Waals surface area contributed by atoms with Crippen molar-refractivity contribution in [2.75, 3.05) is 17.2 Å². The number of hydrogen-bond acceptors (Lipinski definition) is 4. The number of para-hydroxylation sites is 2. The molecule has 7 rings (SSSR count). The van der Waals surface area contributed by atoms with E-state index in [4.69, 9.17) is 0 Å². The Balaban J connectivity index is 1.59. The van der Waals surface area contributed by atoms with E-state index in [9.17, 15) is 14.4 Å². The lowest BCUT2D eigenvalue weighted by Crippen LogP contribution is -2.62. The van der Waals surface area contributed by atoms with E-state index in [0.29, 0.717) is 17.8 Å². The highest BCUT2D eigenvalue weighted by Gasteiger charge is 2.81. The molecule has 0 saturated carbocycles. The Labute approximate surface area is 223 Å². The molecule has 4 aliphatic heterocycles. The molecular formula is C30H26BrN3O3. The lowest BCUT2D eigenvalue weighted by molar-refractivity contribution is -0.137. The number of amides is 2. The summed E-state index contributed by atoms with van der Waals surface area (Å²) in [5, 5.41) is 6.28. The quantitative estimate of drug-likeness (QED) is 0.444. The molecule has 4 heterocycles. The zero-order chi connectivity index (χ0) is 25.5. The zero-order valence-corrected chi connectivity index (χ0v) is 22.0. The van der Waals surface area contributed by atoms with Gasteiger partial charge in [-0.1, -0.05) is 71.4 Å². The smallest absolute Gasteiger partial charge is 0.251 e. The van der Waals surface area contributed by atoms with Gasteiger partial charge in [0, 0.05) is 33.0 Å². The molecule has 7 heteroatoms. The fourth-order valence-corrected chi connectivity index (χ4v) is 8.02.